The summed E-state index contributed by atoms with van der Waals surface area (Å²) in [5, 5.41) is 0. The maximum atomic E-state index is 11.7. The Labute approximate surface area is 88.3 Å². The largest absolute Gasteiger partial charge is 0.357 e. The van der Waals surface area contributed by atoms with Crippen molar-refractivity contribution in [1.29, 1.82) is 0 Å². The van der Waals surface area contributed by atoms with Crippen LogP contribution in [0, 0.1) is 5.92 Å². The maximum Gasteiger partial charge on any atom is 0.189 e. The average molecular weight is 202 g/mol. The predicted molar refractivity (Wildman–Crippen MR) is 62.2 cm³/mol. The maximum absolute atomic E-state index is 11.7. The second-order valence-electron chi connectivity index (χ2n) is 3.77. The van der Waals surface area contributed by atoms with E-state index >= 15 is 0 Å². The molecule has 15 heavy (non-hydrogen) atoms. The van der Waals surface area contributed by atoms with Crippen LogP contribution in [-0.2, 0) is 6.54 Å². The van der Waals surface area contributed by atoms with Crippen molar-refractivity contribution in [2.45, 2.75) is 13.5 Å². The molecule has 1 aliphatic rings. The topological polar surface area (TPSA) is 58.9 Å². The first-order valence-electron chi connectivity index (χ1n) is 5.03. The van der Waals surface area contributed by atoms with Crippen molar-refractivity contribution in [3.63, 3.8) is 0 Å². The van der Waals surface area contributed by atoms with E-state index in [9.17, 15) is 4.79 Å². The molecule has 0 aliphatic heterocycles. The zero-order valence-electron chi connectivity index (χ0n) is 8.66. The molecule has 1 atom stereocenters. The van der Waals surface area contributed by atoms with Gasteiger partial charge >= 0.3 is 0 Å². The summed E-state index contributed by atoms with van der Waals surface area (Å²) in [7, 11) is 0. The standard InChI is InChI=1S/C12H14N2O/c1-8-2-4-10-11(5-3-8)14-9(7-13)6-12(10)15/h2-6,8H,7,13H2,1H3,(H,14,15). The van der Waals surface area contributed by atoms with Crippen LogP contribution in [0.15, 0.2) is 23.0 Å². The van der Waals surface area contributed by atoms with E-state index in [4.69, 9.17) is 5.73 Å². The SMILES string of the molecule is CC1C=Cc2[nH]c(CN)cc(=O)c2C=C1. The zero-order valence-corrected chi connectivity index (χ0v) is 8.66. The summed E-state index contributed by atoms with van der Waals surface area (Å²) in [6, 6.07) is 1.56. The second kappa shape index (κ2) is 3.87. The number of allylic oxidation sites excluding steroid dienone is 2. The van der Waals surface area contributed by atoms with Crippen molar-refractivity contribution in [2.24, 2.45) is 11.7 Å². The molecule has 2 rings (SSSR count). The molecule has 0 aromatic carbocycles. The van der Waals surface area contributed by atoms with Crippen LogP contribution in [0.2, 0.25) is 0 Å². The van der Waals surface area contributed by atoms with Gasteiger partial charge in [0.15, 0.2) is 5.43 Å². The number of aromatic nitrogens is 1. The van der Waals surface area contributed by atoms with Gasteiger partial charge in [-0.25, -0.2) is 0 Å². The Hall–Kier alpha value is -1.61. The Bertz CT molecular complexity index is 483. The summed E-state index contributed by atoms with van der Waals surface area (Å²) in [4.78, 5) is 14.9. The summed E-state index contributed by atoms with van der Waals surface area (Å²) in [5.41, 5.74) is 7.87. The highest BCUT2D eigenvalue weighted by Gasteiger charge is 2.07. The third-order valence-corrected chi connectivity index (χ3v) is 2.51. The minimum Gasteiger partial charge on any atom is -0.357 e. The van der Waals surface area contributed by atoms with Crippen LogP contribution >= 0.6 is 0 Å². The quantitative estimate of drug-likeness (QED) is 0.725. The highest BCUT2D eigenvalue weighted by atomic mass is 16.1. The Morgan fingerprint density at radius 1 is 1.40 bits per heavy atom. The molecule has 0 amide bonds. The first-order chi connectivity index (χ1) is 7.20. The van der Waals surface area contributed by atoms with E-state index in [0.717, 1.165) is 11.4 Å². The Morgan fingerprint density at radius 2 is 2.13 bits per heavy atom. The van der Waals surface area contributed by atoms with E-state index in [-0.39, 0.29) is 5.43 Å². The molecular formula is C12H14N2O. The number of H-pyrrole nitrogens is 1. The summed E-state index contributed by atoms with van der Waals surface area (Å²) in [6.07, 6.45) is 7.89. The number of hydrogen-bond acceptors (Lipinski definition) is 2. The highest BCUT2D eigenvalue weighted by Crippen LogP contribution is 2.15. The number of nitrogens with one attached hydrogen (secondary N) is 1. The molecule has 0 saturated carbocycles. The fraction of sp³-hybridized carbons (Fsp3) is 0.250. The molecule has 3 nitrogen and oxygen atoms in total. The van der Waals surface area contributed by atoms with Crippen LogP contribution < -0.4 is 11.2 Å². The first kappa shape index (κ1) is 9.93. The minimum absolute atomic E-state index is 0.0270. The molecule has 1 aliphatic carbocycles. The monoisotopic (exact) mass is 202 g/mol. The van der Waals surface area contributed by atoms with Gasteiger partial charge in [0.05, 0.1) is 0 Å². The molecule has 1 aromatic rings. The molecule has 1 unspecified atom stereocenters. The zero-order chi connectivity index (χ0) is 10.8. The van der Waals surface area contributed by atoms with E-state index in [1.807, 2.05) is 18.2 Å². The van der Waals surface area contributed by atoms with Crippen molar-refractivity contribution < 1.29 is 0 Å². The molecule has 0 radical (unpaired) electrons. The molecule has 0 spiro atoms. The van der Waals surface area contributed by atoms with Crippen LogP contribution in [0.3, 0.4) is 0 Å². The summed E-state index contributed by atoms with van der Waals surface area (Å²) in [6.45, 7) is 2.43. The number of nitrogens with two attached hydrogens (primary N) is 1. The molecule has 1 aromatic heterocycles. The molecule has 3 heteroatoms. The molecule has 78 valence electrons. The Kier molecular flexibility index (Phi) is 2.56. The van der Waals surface area contributed by atoms with Crippen molar-refractivity contribution in [1.82, 2.24) is 4.98 Å². The van der Waals surface area contributed by atoms with Gasteiger partial charge in [-0.3, -0.25) is 4.79 Å². The lowest BCUT2D eigenvalue weighted by Crippen LogP contribution is -2.12. The van der Waals surface area contributed by atoms with E-state index in [1.54, 1.807) is 6.07 Å². The van der Waals surface area contributed by atoms with E-state index < -0.39 is 0 Å². The van der Waals surface area contributed by atoms with Crippen molar-refractivity contribution in [2.75, 3.05) is 0 Å². The molecule has 3 N–H and O–H groups in total. The van der Waals surface area contributed by atoms with Crippen LogP contribution in [-0.4, -0.2) is 4.98 Å². The number of hydrogen-bond donors (Lipinski definition) is 2. The van der Waals surface area contributed by atoms with Gasteiger partial charge in [-0.1, -0.05) is 25.2 Å². The van der Waals surface area contributed by atoms with E-state index in [1.165, 1.54) is 0 Å². The number of rotatable bonds is 1. The third kappa shape index (κ3) is 1.92. The van der Waals surface area contributed by atoms with Gasteiger partial charge < -0.3 is 10.7 Å². The minimum atomic E-state index is 0.0270. The number of pyridine rings is 1. The second-order valence-corrected chi connectivity index (χ2v) is 3.77. The van der Waals surface area contributed by atoms with Gasteiger partial charge in [0, 0.05) is 29.6 Å². The molecule has 0 fully saturated rings. The van der Waals surface area contributed by atoms with Crippen LogP contribution in [0.1, 0.15) is 23.9 Å². The summed E-state index contributed by atoms with van der Waals surface area (Å²) >= 11 is 0. The number of fused-ring (bicyclic) bond motifs is 1. The molecule has 1 heterocycles. The van der Waals surface area contributed by atoms with Gasteiger partial charge in [0.25, 0.3) is 0 Å². The van der Waals surface area contributed by atoms with Gasteiger partial charge in [0.2, 0.25) is 0 Å². The number of aromatic amines is 1. The fourth-order valence-corrected chi connectivity index (χ4v) is 1.62. The predicted octanol–water partition coefficient (Wildman–Crippen LogP) is 1.51. The van der Waals surface area contributed by atoms with E-state index in [0.29, 0.717) is 18.0 Å². The highest BCUT2D eigenvalue weighted by molar-refractivity contribution is 5.65. The van der Waals surface area contributed by atoms with E-state index in [2.05, 4.69) is 18.0 Å². The third-order valence-electron chi connectivity index (χ3n) is 2.51. The molecule has 0 bridgehead atoms. The lowest BCUT2D eigenvalue weighted by molar-refractivity contribution is 0.952. The Balaban J connectivity index is 2.63. The van der Waals surface area contributed by atoms with Crippen LogP contribution in [0.5, 0.6) is 0 Å². The average Bonchev–Trinajstić information content (AvgIpc) is 2.41. The van der Waals surface area contributed by atoms with Crippen molar-refractivity contribution in [3.05, 3.63) is 45.4 Å². The summed E-state index contributed by atoms with van der Waals surface area (Å²) in [5.74, 6) is 0.353. The molecular weight excluding hydrogens is 188 g/mol. The van der Waals surface area contributed by atoms with Crippen molar-refractivity contribution in [3.8, 4) is 0 Å². The van der Waals surface area contributed by atoms with Crippen LogP contribution in [0.4, 0.5) is 0 Å². The summed E-state index contributed by atoms with van der Waals surface area (Å²) < 4.78 is 0. The fourth-order valence-electron chi connectivity index (χ4n) is 1.62. The van der Waals surface area contributed by atoms with Gasteiger partial charge in [0.1, 0.15) is 0 Å². The smallest absolute Gasteiger partial charge is 0.189 e. The van der Waals surface area contributed by atoms with Crippen molar-refractivity contribution >= 4 is 12.2 Å². The van der Waals surface area contributed by atoms with Gasteiger partial charge in [-0.15, -0.1) is 0 Å². The molecule has 0 saturated heterocycles. The lowest BCUT2D eigenvalue weighted by Gasteiger charge is -2.03. The Morgan fingerprint density at radius 3 is 2.87 bits per heavy atom. The van der Waals surface area contributed by atoms with Gasteiger partial charge in [-0.2, -0.15) is 0 Å². The van der Waals surface area contributed by atoms with Gasteiger partial charge in [-0.05, 0) is 12.0 Å². The first-order valence-corrected chi connectivity index (χ1v) is 5.03. The normalized spacial score (nSPS) is 18.7. The van der Waals surface area contributed by atoms with Crippen LogP contribution in [0.25, 0.3) is 12.2 Å². The lowest BCUT2D eigenvalue weighted by atomic mass is 10.1.